The molecular formula is C20H22FNO4S. The Hall–Kier alpha value is -2.41. The van der Waals surface area contributed by atoms with Gasteiger partial charge in [0.05, 0.1) is 13.7 Å². The van der Waals surface area contributed by atoms with Gasteiger partial charge in [-0.3, -0.25) is 4.79 Å². The molecule has 7 heteroatoms. The lowest BCUT2D eigenvalue weighted by molar-refractivity contribution is -0.150. The van der Waals surface area contributed by atoms with Crippen LogP contribution in [0.1, 0.15) is 23.3 Å². The summed E-state index contributed by atoms with van der Waals surface area (Å²) >= 11 is 1.62. The fourth-order valence-corrected chi connectivity index (χ4v) is 4.17. The maximum Gasteiger partial charge on any atom is 0.328 e. The summed E-state index contributed by atoms with van der Waals surface area (Å²) in [6.45, 7) is 2.25. The second-order valence-electron chi connectivity index (χ2n) is 6.52. The first-order valence-corrected chi connectivity index (χ1v) is 9.69. The van der Waals surface area contributed by atoms with Crippen LogP contribution in [0, 0.1) is 12.7 Å². The predicted octanol–water partition coefficient (Wildman–Crippen LogP) is 3.35. The van der Waals surface area contributed by atoms with Gasteiger partial charge in [-0.05, 0) is 42.5 Å². The zero-order valence-electron chi connectivity index (χ0n) is 15.3. The number of amides is 1. The SMILES string of the molecule is COC(=O)[C@H]1C[C@H](Oc2ccccc2F)CN1C(=O)CCc1sccc1C. The molecule has 5 nitrogen and oxygen atoms in total. The van der Waals surface area contributed by atoms with Crippen molar-refractivity contribution in [1.82, 2.24) is 4.90 Å². The predicted molar refractivity (Wildman–Crippen MR) is 100 cm³/mol. The Labute approximate surface area is 161 Å². The van der Waals surface area contributed by atoms with Gasteiger partial charge >= 0.3 is 5.97 Å². The van der Waals surface area contributed by atoms with E-state index in [9.17, 15) is 14.0 Å². The Morgan fingerprint density at radius 2 is 2.07 bits per heavy atom. The molecule has 2 atom stereocenters. The Balaban J connectivity index is 1.68. The van der Waals surface area contributed by atoms with E-state index in [1.807, 2.05) is 18.4 Å². The van der Waals surface area contributed by atoms with Crippen molar-refractivity contribution in [3.63, 3.8) is 0 Å². The van der Waals surface area contributed by atoms with E-state index in [1.165, 1.54) is 29.7 Å². The Morgan fingerprint density at radius 1 is 1.30 bits per heavy atom. The van der Waals surface area contributed by atoms with E-state index in [-0.39, 0.29) is 24.6 Å². The molecule has 0 spiro atoms. The van der Waals surface area contributed by atoms with Crippen molar-refractivity contribution in [1.29, 1.82) is 0 Å². The summed E-state index contributed by atoms with van der Waals surface area (Å²) in [7, 11) is 1.30. The lowest BCUT2D eigenvalue weighted by atomic mass is 10.1. The highest BCUT2D eigenvalue weighted by atomic mass is 32.1. The van der Waals surface area contributed by atoms with Crippen LogP contribution in [-0.4, -0.2) is 42.6 Å². The van der Waals surface area contributed by atoms with Crippen molar-refractivity contribution in [3.8, 4) is 5.75 Å². The molecule has 1 fully saturated rings. The van der Waals surface area contributed by atoms with Crippen molar-refractivity contribution in [3.05, 3.63) is 52.0 Å². The third kappa shape index (κ3) is 4.47. The molecule has 27 heavy (non-hydrogen) atoms. The largest absolute Gasteiger partial charge is 0.485 e. The molecule has 1 aromatic carbocycles. The Bertz CT molecular complexity index is 822. The number of ether oxygens (including phenoxy) is 2. The van der Waals surface area contributed by atoms with Crippen molar-refractivity contribution in [2.45, 2.75) is 38.3 Å². The third-order valence-electron chi connectivity index (χ3n) is 4.72. The summed E-state index contributed by atoms with van der Waals surface area (Å²) in [5.74, 6) is -0.951. The van der Waals surface area contributed by atoms with E-state index in [0.717, 1.165) is 4.88 Å². The molecule has 0 radical (unpaired) electrons. The van der Waals surface area contributed by atoms with E-state index in [1.54, 1.807) is 23.5 Å². The van der Waals surface area contributed by atoms with E-state index in [0.29, 0.717) is 12.8 Å². The van der Waals surface area contributed by atoms with Gasteiger partial charge in [0.15, 0.2) is 11.6 Å². The van der Waals surface area contributed by atoms with Gasteiger partial charge in [0, 0.05) is 17.7 Å². The molecule has 0 N–H and O–H groups in total. The summed E-state index contributed by atoms with van der Waals surface area (Å²) in [5.41, 5.74) is 1.17. The van der Waals surface area contributed by atoms with E-state index < -0.39 is 23.9 Å². The van der Waals surface area contributed by atoms with Crippen LogP contribution in [0.3, 0.4) is 0 Å². The van der Waals surface area contributed by atoms with Gasteiger partial charge in [-0.25, -0.2) is 9.18 Å². The number of rotatable bonds is 6. The van der Waals surface area contributed by atoms with Gasteiger partial charge in [0.2, 0.25) is 5.91 Å². The topological polar surface area (TPSA) is 55.8 Å². The first-order chi connectivity index (χ1) is 13.0. The van der Waals surface area contributed by atoms with Gasteiger partial charge in [-0.15, -0.1) is 11.3 Å². The molecule has 0 aliphatic carbocycles. The molecule has 0 bridgehead atoms. The quantitative estimate of drug-likeness (QED) is 0.709. The number of hydrogen-bond acceptors (Lipinski definition) is 5. The van der Waals surface area contributed by atoms with Crippen LogP contribution in [0.15, 0.2) is 35.7 Å². The highest BCUT2D eigenvalue weighted by molar-refractivity contribution is 7.10. The second-order valence-corrected chi connectivity index (χ2v) is 7.52. The Morgan fingerprint density at radius 3 is 2.74 bits per heavy atom. The van der Waals surface area contributed by atoms with E-state index >= 15 is 0 Å². The van der Waals surface area contributed by atoms with Crippen LogP contribution in [0.25, 0.3) is 0 Å². The summed E-state index contributed by atoms with van der Waals surface area (Å²) in [6.07, 6.45) is 0.760. The highest BCUT2D eigenvalue weighted by Gasteiger charge is 2.41. The number of hydrogen-bond donors (Lipinski definition) is 0. The number of aryl methyl sites for hydroxylation is 2. The molecule has 0 saturated carbocycles. The van der Waals surface area contributed by atoms with Crippen LogP contribution in [0.5, 0.6) is 5.75 Å². The number of nitrogens with zero attached hydrogens (tertiary/aromatic N) is 1. The van der Waals surface area contributed by atoms with Gasteiger partial charge < -0.3 is 14.4 Å². The minimum atomic E-state index is -0.705. The summed E-state index contributed by atoms with van der Waals surface area (Å²) in [4.78, 5) is 27.5. The number of methoxy groups -OCH3 is 1. The molecular weight excluding hydrogens is 369 g/mol. The lowest BCUT2D eigenvalue weighted by Gasteiger charge is -2.22. The fourth-order valence-electron chi connectivity index (χ4n) is 3.26. The van der Waals surface area contributed by atoms with Gasteiger partial charge in [0.25, 0.3) is 0 Å². The molecule has 1 amide bonds. The molecule has 144 valence electrons. The number of benzene rings is 1. The number of para-hydroxylation sites is 1. The number of carbonyl (C=O) groups excluding carboxylic acids is 2. The first-order valence-electron chi connectivity index (χ1n) is 8.81. The Kier molecular flexibility index (Phi) is 6.11. The minimum absolute atomic E-state index is 0.120. The molecule has 2 aromatic rings. The van der Waals surface area contributed by atoms with E-state index in [2.05, 4.69) is 0 Å². The first kappa shape index (κ1) is 19.4. The normalized spacial score (nSPS) is 19.1. The van der Waals surface area contributed by atoms with Crippen LogP contribution < -0.4 is 4.74 Å². The van der Waals surface area contributed by atoms with Crippen LogP contribution in [-0.2, 0) is 20.7 Å². The van der Waals surface area contributed by atoms with Gasteiger partial charge in [-0.1, -0.05) is 12.1 Å². The smallest absolute Gasteiger partial charge is 0.328 e. The number of halogens is 1. The average Bonchev–Trinajstić information content (AvgIpc) is 3.27. The molecule has 2 heterocycles. The highest BCUT2D eigenvalue weighted by Crippen LogP contribution is 2.27. The molecule has 1 saturated heterocycles. The molecule has 1 aromatic heterocycles. The standard InChI is InChI=1S/C20H22FNO4S/c1-13-9-10-27-18(13)7-8-19(23)22-12-14(11-16(22)20(24)25-2)26-17-6-4-3-5-15(17)21/h3-6,9-10,14,16H,7-8,11-12H2,1-2H3/t14-,16+/m0/s1. The van der Waals surface area contributed by atoms with Crippen molar-refractivity contribution in [2.75, 3.05) is 13.7 Å². The number of carbonyl (C=O) groups is 2. The summed E-state index contributed by atoms with van der Waals surface area (Å²) < 4.78 is 24.4. The van der Waals surface area contributed by atoms with Crippen LogP contribution in [0.4, 0.5) is 4.39 Å². The zero-order chi connectivity index (χ0) is 19.4. The number of likely N-dealkylation sites (tertiary alicyclic amines) is 1. The van der Waals surface area contributed by atoms with Gasteiger partial charge in [-0.2, -0.15) is 0 Å². The van der Waals surface area contributed by atoms with Crippen molar-refractivity contribution >= 4 is 23.2 Å². The fraction of sp³-hybridized carbons (Fsp3) is 0.400. The maximum absolute atomic E-state index is 13.8. The molecule has 3 rings (SSSR count). The monoisotopic (exact) mass is 391 g/mol. The van der Waals surface area contributed by atoms with Crippen molar-refractivity contribution in [2.24, 2.45) is 0 Å². The van der Waals surface area contributed by atoms with E-state index in [4.69, 9.17) is 9.47 Å². The maximum atomic E-state index is 13.8. The third-order valence-corrected chi connectivity index (χ3v) is 5.80. The lowest BCUT2D eigenvalue weighted by Crippen LogP contribution is -2.41. The molecule has 0 unspecified atom stereocenters. The summed E-state index contributed by atoms with van der Waals surface area (Å²) in [6, 6.07) is 7.42. The van der Waals surface area contributed by atoms with Gasteiger partial charge in [0.1, 0.15) is 12.1 Å². The number of esters is 1. The minimum Gasteiger partial charge on any atom is -0.485 e. The average molecular weight is 391 g/mol. The van der Waals surface area contributed by atoms with Crippen molar-refractivity contribution < 1.29 is 23.5 Å². The molecule has 1 aliphatic rings. The van der Waals surface area contributed by atoms with Crippen LogP contribution in [0.2, 0.25) is 0 Å². The zero-order valence-corrected chi connectivity index (χ0v) is 16.1. The number of thiophene rings is 1. The van der Waals surface area contributed by atoms with Crippen LogP contribution >= 0.6 is 11.3 Å². The second kappa shape index (κ2) is 8.52. The molecule has 1 aliphatic heterocycles. The summed E-state index contributed by atoms with van der Waals surface area (Å²) in [5, 5.41) is 2.00.